The van der Waals surface area contributed by atoms with E-state index in [1.54, 1.807) is 12.1 Å². The van der Waals surface area contributed by atoms with Gasteiger partial charge in [-0.25, -0.2) is 14.4 Å². The van der Waals surface area contributed by atoms with Gasteiger partial charge in [-0.1, -0.05) is 30.3 Å². The number of rotatable bonds is 4. The molecule has 0 radical (unpaired) electrons. The third-order valence-corrected chi connectivity index (χ3v) is 4.00. The Labute approximate surface area is 138 Å². The van der Waals surface area contributed by atoms with Crippen LogP contribution in [0.4, 0.5) is 16.0 Å². The van der Waals surface area contributed by atoms with Crippen molar-refractivity contribution in [2.45, 2.75) is 11.9 Å². The van der Waals surface area contributed by atoms with E-state index in [1.165, 1.54) is 18.0 Å². The number of benzene rings is 1. The molecular weight excluding hydrogens is 311 g/mol. The zero-order valence-electron chi connectivity index (χ0n) is 12.5. The van der Waals surface area contributed by atoms with E-state index in [9.17, 15) is 4.39 Å². The molecule has 116 valence electrons. The first-order valence-electron chi connectivity index (χ1n) is 7.01. The van der Waals surface area contributed by atoms with E-state index in [0.29, 0.717) is 22.4 Å². The number of nitrogens with one attached hydrogen (secondary N) is 1. The summed E-state index contributed by atoms with van der Waals surface area (Å²) in [6.45, 7) is 1.93. The molecule has 6 heteroatoms. The standard InChI is InChI=1S/C17H15FN4S/c1-11-5-2-3-6-12(11)17-13(18)9-10-15(21-17)22-23-16-8-4-7-14(19)20-16/h2-10H,1H3,(H2,19,20)(H,21,22). The quantitative estimate of drug-likeness (QED) is 0.700. The van der Waals surface area contributed by atoms with E-state index in [-0.39, 0.29) is 5.82 Å². The lowest BCUT2D eigenvalue weighted by Crippen LogP contribution is -1.98. The van der Waals surface area contributed by atoms with Gasteiger partial charge in [0.2, 0.25) is 0 Å². The van der Waals surface area contributed by atoms with Gasteiger partial charge in [0, 0.05) is 17.5 Å². The van der Waals surface area contributed by atoms with Crippen molar-refractivity contribution in [3.8, 4) is 11.3 Å². The van der Waals surface area contributed by atoms with Crippen LogP contribution in [-0.2, 0) is 0 Å². The van der Waals surface area contributed by atoms with Gasteiger partial charge in [-0.2, -0.15) is 0 Å². The second kappa shape index (κ2) is 6.66. The molecule has 3 rings (SSSR count). The molecule has 0 bridgehead atoms. The normalized spacial score (nSPS) is 10.5. The van der Waals surface area contributed by atoms with E-state index in [0.717, 1.165) is 11.1 Å². The lowest BCUT2D eigenvalue weighted by atomic mass is 10.1. The molecule has 4 nitrogen and oxygen atoms in total. The molecule has 23 heavy (non-hydrogen) atoms. The van der Waals surface area contributed by atoms with Crippen LogP contribution in [0.15, 0.2) is 59.6 Å². The van der Waals surface area contributed by atoms with Crippen molar-refractivity contribution in [2.75, 3.05) is 10.5 Å². The van der Waals surface area contributed by atoms with Crippen molar-refractivity contribution in [1.29, 1.82) is 0 Å². The van der Waals surface area contributed by atoms with E-state index in [1.807, 2.05) is 43.3 Å². The highest BCUT2D eigenvalue weighted by Crippen LogP contribution is 2.27. The monoisotopic (exact) mass is 326 g/mol. The molecule has 2 heterocycles. The van der Waals surface area contributed by atoms with Crippen LogP contribution in [-0.4, -0.2) is 9.97 Å². The van der Waals surface area contributed by atoms with Gasteiger partial charge >= 0.3 is 0 Å². The van der Waals surface area contributed by atoms with Crippen LogP contribution in [0, 0.1) is 12.7 Å². The van der Waals surface area contributed by atoms with Crippen LogP contribution in [0.5, 0.6) is 0 Å². The SMILES string of the molecule is Cc1ccccc1-c1nc(NSc2cccc(N)n2)ccc1F. The Morgan fingerprint density at radius 1 is 1.00 bits per heavy atom. The summed E-state index contributed by atoms with van der Waals surface area (Å²) < 4.78 is 17.2. The van der Waals surface area contributed by atoms with Crippen LogP contribution >= 0.6 is 11.9 Å². The van der Waals surface area contributed by atoms with Gasteiger partial charge in [0.25, 0.3) is 0 Å². The summed E-state index contributed by atoms with van der Waals surface area (Å²) in [5.41, 5.74) is 7.73. The molecule has 0 saturated heterocycles. The van der Waals surface area contributed by atoms with Crippen LogP contribution < -0.4 is 10.5 Å². The van der Waals surface area contributed by atoms with Gasteiger partial charge in [-0.15, -0.1) is 0 Å². The van der Waals surface area contributed by atoms with Crippen LogP contribution in [0.2, 0.25) is 0 Å². The first kappa shape index (κ1) is 15.3. The number of hydrogen-bond acceptors (Lipinski definition) is 5. The summed E-state index contributed by atoms with van der Waals surface area (Å²) in [7, 11) is 0. The molecule has 1 aromatic carbocycles. The molecule has 0 aliphatic carbocycles. The molecular formula is C17H15FN4S. The molecule has 0 fully saturated rings. The highest BCUT2D eigenvalue weighted by molar-refractivity contribution is 8.00. The fourth-order valence-electron chi connectivity index (χ4n) is 2.12. The Balaban J connectivity index is 1.85. The van der Waals surface area contributed by atoms with Gasteiger partial charge in [0.05, 0.1) is 0 Å². The summed E-state index contributed by atoms with van der Waals surface area (Å²) in [6, 6.07) is 16.0. The van der Waals surface area contributed by atoms with Gasteiger partial charge in [0.15, 0.2) is 0 Å². The van der Waals surface area contributed by atoms with Gasteiger partial charge in [-0.3, -0.25) is 0 Å². The third kappa shape index (κ3) is 3.60. The van der Waals surface area contributed by atoms with Gasteiger partial charge < -0.3 is 10.5 Å². The number of anilines is 2. The van der Waals surface area contributed by atoms with E-state index >= 15 is 0 Å². The van der Waals surface area contributed by atoms with E-state index in [2.05, 4.69) is 14.7 Å². The van der Waals surface area contributed by atoms with Crippen LogP contribution in [0.3, 0.4) is 0 Å². The molecule has 0 saturated carbocycles. The molecule has 3 N–H and O–H groups in total. The Morgan fingerprint density at radius 2 is 1.83 bits per heavy atom. The van der Waals surface area contributed by atoms with Gasteiger partial charge in [0.1, 0.15) is 28.2 Å². The fraction of sp³-hybridized carbons (Fsp3) is 0.0588. The minimum absolute atomic E-state index is 0.328. The number of nitrogen functional groups attached to an aromatic ring is 1. The molecule has 0 atom stereocenters. The molecule has 3 aromatic rings. The Hall–Kier alpha value is -2.60. The van der Waals surface area contributed by atoms with Crippen molar-refractivity contribution in [2.24, 2.45) is 0 Å². The predicted molar refractivity (Wildman–Crippen MR) is 92.5 cm³/mol. The van der Waals surface area contributed by atoms with Crippen molar-refractivity contribution in [3.63, 3.8) is 0 Å². The maximum absolute atomic E-state index is 14.1. The molecule has 2 aromatic heterocycles. The first-order valence-corrected chi connectivity index (χ1v) is 7.83. The number of hydrogen-bond donors (Lipinski definition) is 2. The van der Waals surface area contributed by atoms with E-state index in [4.69, 9.17) is 5.73 Å². The van der Waals surface area contributed by atoms with E-state index < -0.39 is 0 Å². The molecule has 0 amide bonds. The minimum atomic E-state index is -0.350. The van der Waals surface area contributed by atoms with Crippen LogP contribution in [0.25, 0.3) is 11.3 Å². The summed E-state index contributed by atoms with van der Waals surface area (Å²) in [5, 5.41) is 0.716. The molecule has 0 unspecified atom stereocenters. The third-order valence-electron chi connectivity index (χ3n) is 3.25. The molecule has 0 aliphatic rings. The summed E-state index contributed by atoms with van der Waals surface area (Å²) >= 11 is 1.28. The first-order chi connectivity index (χ1) is 11.1. The number of aryl methyl sites for hydroxylation is 1. The van der Waals surface area contributed by atoms with Crippen molar-refractivity contribution in [3.05, 3.63) is 66.0 Å². The van der Waals surface area contributed by atoms with Gasteiger partial charge in [-0.05, 0) is 36.8 Å². The zero-order chi connectivity index (χ0) is 16.2. The van der Waals surface area contributed by atoms with Crippen molar-refractivity contribution >= 4 is 23.6 Å². The largest absolute Gasteiger partial charge is 0.384 e. The molecule has 0 aliphatic heterocycles. The highest BCUT2D eigenvalue weighted by Gasteiger charge is 2.10. The predicted octanol–water partition coefficient (Wildman–Crippen LogP) is 4.29. The average Bonchev–Trinajstić information content (AvgIpc) is 2.55. The zero-order valence-corrected chi connectivity index (χ0v) is 13.3. The minimum Gasteiger partial charge on any atom is -0.384 e. The highest BCUT2D eigenvalue weighted by atomic mass is 32.2. The number of halogens is 1. The lowest BCUT2D eigenvalue weighted by molar-refractivity contribution is 0.626. The maximum Gasteiger partial charge on any atom is 0.149 e. The topological polar surface area (TPSA) is 63.8 Å². The number of aromatic nitrogens is 2. The van der Waals surface area contributed by atoms with Crippen molar-refractivity contribution in [1.82, 2.24) is 9.97 Å². The Morgan fingerprint density at radius 3 is 2.61 bits per heavy atom. The Kier molecular flexibility index (Phi) is 4.43. The fourth-order valence-corrected chi connectivity index (χ4v) is 2.74. The summed E-state index contributed by atoms with van der Waals surface area (Å²) in [4.78, 5) is 8.55. The average molecular weight is 326 g/mol. The number of nitrogens with zero attached hydrogens (tertiary/aromatic N) is 2. The second-order valence-corrected chi connectivity index (χ2v) is 5.77. The van der Waals surface area contributed by atoms with Crippen LogP contribution in [0.1, 0.15) is 5.56 Å². The second-order valence-electron chi connectivity index (χ2n) is 4.95. The summed E-state index contributed by atoms with van der Waals surface area (Å²) in [5.74, 6) is 0.653. The number of nitrogens with two attached hydrogens (primary N) is 1. The summed E-state index contributed by atoms with van der Waals surface area (Å²) in [6.07, 6.45) is 0. The van der Waals surface area contributed by atoms with Crippen molar-refractivity contribution < 1.29 is 4.39 Å². The lowest BCUT2D eigenvalue weighted by Gasteiger charge is -2.09. The number of pyridine rings is 2. The molecule has 0 spiro atoms. The Bertz CT molecular complexity index is 838. The maximum atomic E-state index is 14.1. The smallest absolute Gasteiger partial charge is 0.149 e.